The van der Waals surface area contributed by atoms with Gasteiger partial charge in [-0.25, -0.2) is 0 Å². The van der Waals surface area contributed by atoms with E-state index in [9.17, 15) is 4.57 Å². The van der Waals surface area contributed by atoms with E-state index in [1.807, 2.05) is 13.8 Å². The predicted octanol–water partition coefficient (Wildman–Crippen LogP) is 2.54. The molecule has 0 atom stereocenters. The first-order valence-electron chi connectivity index (χ1n) is 2.40. The van der Waals surface area contributed by atoms with E-state index in [0.29, 0.717) is 12.3 Å². The zero-order valence-electron chi connectivity index (χ0n) is 4.65. The van der Waals surface area contributed by atoms with Crippen LogP contribution in [0.4, 0.5) is 0 Å². The van der Waals surface area contributed by atoms with Gasteiger partial charge in [-0.1, -0.05) is 25.1 Å². The van der Waals surface area contributed by atoms with Crippen LogP contribution in [0.2, 0.25) is 0 Å². The third-order valence-electron chi connectivity index (χ3n) is 0.944. The maximum Gasteiger partial charge on any atom is 0.168 e. The molecule has 0 saturated heterocycles. The van der Waals surface area contributed by atoms with E-state index >= 15 is 0 Å². The fraction of sp³-hybridized carbons (Fsp3) is 1.00. The molecule has 0 aromatic rings. The Kier molecular flexibility index (Phi) is 2.94. The highest BCUT2D eigenvalue weighted by molar-refractivity contribution is 7.89. The molecule has 0 aromatic carbocycles. The Morgan fingerprint density at radius 3 is 1.71 bits per heavy atom. The minimum Gasteiger partial charge on any atom is -0.307 e. The Labute approximate surface area is 49.2 Å². The summed E-state index contributed by atoms with van der Waals surface area (Å²) in [6.07, 6.45) is 1.23. The summed E-state index contributed by atoms with van der Waals surface area (Å²) in [6.45, 7) is 1.51. The number of halogens is 1. The van der Waals surface area contributed by atoms with Crippen molar-refractivity contribution in [1.82, 2.24) is 0 Å². The summed E-state index contributed by atoms with van der Waals surface area (Å²) in [4.78, 5) is 0. The maximum absolute atomic E-state index is 10.7. The van der Waals surface area contributed by atoms with Crippen molar-refractivity contribution in [2.45, 2.75) is 13.8 Å². The van der Waals surface area contributed by atoms with Crippen molar-refractivity contribution in [1.29, 1.82) is 0 Å². The van der Waals surface area contributed by atoms with E-state index in [0.717, 1.165) is 0 Å². The van der Waals surface area contributed by atoms with Crippen LogP contribution in [-0.2, 0) is 4.57 Å². The van der Waals surface area contributed by atoms with Gasteiger partial charge in [0.15, 0.2) is 6.49 Å². The lowest BCUT2D eigenvalue weighted by atomic mass is 11.0. The van der Waals surface area contributed by atoms with E-state index in [4.69, 9.17) is 11.2 Å². The highest BCUT2D eigenvalue weighted by Gasteiger charge is 2.09. The highest BCUT2D eigenvalue weighted by atomic mass is 35.7. The Bertz CT molecular complexity index is 83.7. The van der Waals surface area contributed by atoms with Gasteiger partial charge in [0.25, 0.3) is 0 Å². The van der Waals surface area contributed by atoms with E-state index < -0.39 is 6.49 Å². The third kappa shape index (κ3) is 3.13. The average Bonchev–Trinajstić information content (AvgIpc) is 1.68. The van der Waals surface area contributed by atoms with Gasteiger partial charge in [0, 0.05) is 12.3 Å². The second-order valence-electron chi connectivity index (χ2n) is 1.42. The Morgan fingerprint density at radius 2 is 1.71 bits per heavy atom. The summed E-state index contributed by atoms with van der Waals surface area (Å²) in [6, 6.07) is 0. The lowest BCUT2D eigenvalue weighted by Crippen LogP contribution is -1.77. The van der Waals surface area contributed by atoms with Gasteiger partial charge in [0.2, 0.25) is 0 Å². The van der Waals surface area contributed by atoms with Crippen molar-refractivity contribution in [3.05, 3.63) is 0 Å². The van der Waals surface area contributed by atoms with E-state index in [1.54, 1.807) is 0 Å². The molecule has 0 unspecified atom stereocenters. The van der Waals surface area contributed by atoms with E-state index in [2.05, 4.69) is 0 Å². The van der Waals surface area contributed by atoms with Gasteiger partial charge >= 0.3 is 0 Å². The molecule has 0 aromatic heterocycles. The molecule has 0 bridgehead atoms. The van der Waals surface area contributed by atoms with Crippen LogP contribution in [0.15, 0.2) is 0 Å². The molecule has 0 aliphatic carbocycles. The maximum atomic E-state index is 10.7. The lowest BCUT2D eigenvalue weighted by Gasteiger charge is -1.99. The standard InChI is InChI=1S/C4H10ClOP/c1-3-7(5,6)4-2/h3-4H2,1-2H3. The van der Waals surface area contributed by atoms with Crippen molar-refractivity contribution >= 4 is 17.7 Å². The third-order valence-corrected chi connectivity index (χ3v) is 4.27. The van der Waals surface area contributed by atoms with Crippen LogP contribution in [0.1, 0.15) is 13.8 Å². The molecule has 0 amide bonds. The Balaban J connectivity index is 3.61. The number of hydrogen-bond acceptors (Lipinski definition) is 1. The van der Waals surface area contributed by atoms with Gasteiger partial charge in [-0.05, 0) is 0 Å². The van der Waals surface area contributed by atoms with Crippen LogP contribution < -0.4 is 0 Å². The Hall–Kier alpha value is 0.520. The van der Waals surface area contributed by atoms with E-state index in [-0.39, 0.29) is 0 Å². The molecular weight excluding hydrogens is 130 g/mol. The summed E-state index contributed by atoms with van der Waals surface area (Å²) in [7, 11) is 0. The van der Waals surface area contributed by atoms with Crippen molar-refractivity contribution in [2.75, 3.05) is 12.3 Å². The van der Waals surface area contributed by atoms with Crippen molar-refractivity contribution < 1.29 is 4.57 Å². The largest absolute Gasteiger partial charge is 0.307 e. The van der Waals surface area contributed by atoms with Crippen LogP contribution in [0, 0.1) is 0 Å². The first-order chi connectivity index (χ1) is 3.12. The number of rotatable bonds is 2. The molecule has 44 valence electrons. The van der Waals surface area contributed by atoms with Crippen molar-refractivity contribution in [2.24, 2.45) is 0 Å². The molecule has 0 spiro atoms. The molecule has 0 aliphatic heterocycles. The molecule has 0 saturated carbocycles. The minimum atomic E-state index is -2.18. The average molecular weight is 141 g/mol. The summed E-state index contributed by atoms with van der Waals surface area (Å²) >= 11 is 5.46. The monoisotopic (exact) mass is 140 g/mol. The molecule has 0 rings (SSSR count). The van der Waals surface area contributed by atoms with E-state index in [1.165, 1.54) is 0 Å². The van der Waals surface area contributed by atoms with Crippen molar-refractivity contribution in [3.8, 4) is 0 Å². The molecule has 7 heavy (non-hydrogen) atoms. The quantitative estimate of drug-likeness (QED) is 0.539. The smallest absolute Gasteiger partial charge is 0.168 e. The molecule has 0 N–H and O–H groups in total. The van der Waals surface area contributed by atoms with Crippen LogP contribution in [0.5, 0.6) is 0 Å². The van der Waals surface area contributed by atoms with Gasteiger partial charge in [-0.15, -0.1) is 0 Å². The van der Waals surface area contributed by atoms with Gasteiger partial charge in [-0.3, -0.25) is 0 Å². The number of hydrogen-bond donors (Lipinski definition) is 0. The van der Waals surface area contributed by atoms with Crippen LogP contribution >= 0.6 is 17.7 Å². The van der Waals surface area contributed by atoms with Gasteiger partial charge in [0.05, 0.1) is 0 Å². The topological polar surface area (TPSA) is 17.1 Å². The first kappa shape index (κ1) is 7.52. The summed E-state index contributed by atoms with van der Waals surface area (Å²) < 4.78 is 10.7. The molecule has 3 heteroatoms. The molecule has 1 nitrogen and oxygen atoms in total. The first-order valence-corrected chi connectivity index (χ1v) is 5.38. The van der Waals surface area contributed by atoms with Crippen molar-refractivity contribution in [3.63, 3.8) is 0 Å². The zero-order valence-corrected chi connectivity index (χ0v) is 6.30. The minimum absolute atomic E-state index is 0.616. The predicted molar refractivity (Wildman–Crippen MR) is 34.5 cm³/mol. The van der Waals surface area contributed by atoms with Crippen LogP contribution in [0.25, 0.3) is 0 Å². The second kappa shape index (κ2) is 2.74. The highest BCUT2D eigenvalue weighted by Crippen LogP contribution is 2.49. The fourth-order valence-corrected chi connectivity index (χ4v) is 0.671. The Morgan fingerprint density at radius 1 is 1.43 bits per heavy atom. The molecule has 0 heterocycles. The van der Waals surface area contributed by atoms with Crippen LogP contribution in [-0.4, -0.2) is 12.3 Å². The second-order valence-corrected chi connectivity index (χ2v) is 6.12. The normalized spacial score (nSPS) is 11.9. The van der Waals surface area contributed by atoms with Crippen LogP contribution in [0.3, 0.4) is 0 Å². The molecule has 0 aliphatic rings. The van der Waals surface area contributed by atoms with Gasteiger partial charge < -0.3 is 4.57 Å². The zero-order chi connectivity index (χ0) is 5.91. The fourth-order valence-electron chi connectivity index (χ4n) is 0.224. The summed E-state index contributed by atoms with van der Waals surface area (Å²) in [5.74, 6) is 0. The summed E-state index contributed by atoms with van der Waals surface area (Å²) in [5.41, 5.74) is 0. The molecular formula is C4H10ClOP. The van der Waals surface area contributed by atoms with Gasteiger partial charge in [0.1, 0.15) is 0 Å². The SMILES string of the molecule is CCP(=O)(Cl)CC. The lowest BCUT2D eigenvalue weighted by molar-refractivity contribution is 0.585. The molecule has 0 radical (unpaired) electrons. The summed E-state index contributed by atoms with van der Waals surface area (Å²) in [5, 5.41) is 0. The molecule has 0 fully saturated rings. The van der Waals surface area contributed by atoms with Gasteiger partial charge in [-0.2, -0.15) is 0 Å².